The fourth-order valence-corrected chi connectivity index (χ4v) is 2.17. The summed E-state index contributed by atoms with van der Waals surface area (Å²) < 4.78 is 26.5. The molecule has 3 rings (SSSR count). The van der Waals surface area contributed by atoms with Crippen LogP contribution >= 0.6 is 0 Å². The molecule has 0 spiro atoms. The molecular formula is C15H11F2N3O. The Kier molecular flexibility index (Phi) is 3.43. The molecule has 0 aliphatic heterocycles. The van der Waals surface area contributed by atoms with Crippen molar-refractivity contribution >= 4 is 11.2 Å². The Balaban J connectivity index is 2.32. The van der Waals surface area contributed by atoms with E-state index in [1.807, 2.05) is 6.07 Å². The van der Waals surface area contributed by atoms with Crippen molar-refractivity contribution in [2.45, 2.75) is 13.0 Å². The van der Waals surface area contributed by atoms with E-state index in [1.54, 1.807) is 36.4 Å². The number of hydrogen-bond acceptors (Lipinski definition) is 3. The van der Waals surface area contributed by atoms with Crippen molar-refractivity contribution in [1.82, 2.24) is 14.5 Å². The molecule has 1 aromatic carbocycles. The van der Waals surface area contributed by atoms with Gasteiger partial charge in [-0.1, -0.05) is 30.3 Å². The topological polar surface area (TPSA) is 47.8 Å². The zero-order valence-electron chi connectivity index (χ0n) is 10.9. The molecule has 0 bridgehead atoms. The molecule has 106 valence electrons. The van der Waals surface area contributed by atoms with Gasteiger partial charge in [0.2, 0.25) is 0 Å². The van der Waals surface area contributed by atoms with Gasteiger partial charge in [0.1, 0.15) is 11.2 Å². The van der Waals surface area contributed by atoms with Gasteiger partial charge in [-0.2, -0.15) is 0 Å². The zero-order valence-corrected chi connectivity index (χ0v) is 10.9. The first-order chi connectivity index (χ1) is 10.2. The third-order valence-corrected chi connectivity index (χ3v) is 3.07. The Morgan fingerprint density at radius 3 is 2.57 bits per heavy atom. The number of halogens is 2. The van der Waals surface area contributed by atoms with Crippen LogP contribution in [0, 0.1) is 0 Å². The van der Waals surface area contributed by atoms with Crippen LogP contribution in [0.5, 0.6) is 0 Å². The van der Waals surface area contributed by atoms with E-state index in [0.717, 1.165) is 4.57 Å². The molecule has 0 aliphatic carbocycles. The molecule has 2 heterocycles. The first-order valence-corrected chi connectivity index (χ1v) is 6.36. The van der Waals surface area contributed by atoms with Crippen LogP contribution in [0.3, 0.4) is 0 Å². The lowest BCUT2D eigenvalue weighted by atomic mass is 10.1. The van der Waals surface area contributed by atoms with Crippen LogP contribution in [0.4, 0.5) is 8.78 Å². The van der Waals surface area contributed by atoms with Crippen molar-refractivity contribution in [2.24, 2.45) is 0 Å². The SMILES string of the molecule is O=c1c(-c2ccccc2)nc2cccnc2n1CC(F)F. The number of aromatic nitrogens is 3. The monoisotopic (exact) mass is 287 g/mol. The predicted molar refractivity (Wildman–Crippen MR) is 75.2 cm³/mol. The first kappa shape index (κ1) is 13.4. The molecule has 0 saturated heterocycles. The van der Waals surface area contributed by atoms with E-state index in [9.17, 15) is 13.6 Å². The van der Waals surface area contributed by atoms with Crippen molar-refractivity contribution in [3.63, 3.8) is 0 Å². The highest BCUT2D eigenvalue weighted by Gasteiger charge is 2.16. The second-order valence-corrected chi connectivity index (χ2v) is 4.48. The number of fused-ring (bicyclic) bond motifs is 1. The van der Waals surface area contributed by atoms with Gasteiger partial charge in [-0.15, -0.1) is 0 Å². The minimum Gasteiger partial charge on any atom is -0.284 e. The molecule has 0 amide bonds. The molecule has 0 N–H and O–H groups in total. The lowest BCUT2D eigenvalue weighted by Gasteiger charge is -2.10. The number of hydrogen-bond donors (Lipinski definition) is 0. The average Bonchev–Trinajstić information content (AvgIpc) is 2.50. The molecule has 0 unspecified atom stereocenters. The average molecular weight is 287 g/mol. The van der Waals surface area contributed by atoms with E-state index >= 15 is 0 Å². The molecule has 6 heteroatoms. The van der Waals surface area contributed by atoms with Gasteiger partial charge in [0.25, 0.3) is 12.0 Å². The van der Waals surface area contributed by atoms with Crippen molar-refractivity contribution in [3.05, 3.63) is 59.0 Å². The molecule has 0 atom stereocenters. The molecule has 2 aromatic heterocycles. The summed E-state index contributed by atoms with van der Waals surface area (Å²) in [5.41, 5.74) is 0.764. The minimum absolute atomic E-state index is 0.150. The van der Waals surface area contributed by atoms with E-state index < -0.39 is 18.5 Å². The van der Waals surface area contributed by atoms with Crippen LogP contribution in [0.25, 0.3) is 22.4 Å². The Morgan fingerprint density at radius 2 is 1.86 bits per heavy atom. The summed E-state index contributed by atoms with van der Waals surface area (Å²) in [5.74, 6) is 0. The smallest absolute Gasteiger partial charge is 0.278 e. The van der Waals surface area contributed by atoms with E-state index in [1.165, 1.54) is 6.20 Å². The molecule has 0 saturated carbocycles. The largest absolute Gasteiger partial charge is 0.284 e. The normalized spacial score (nSPS) is 11.2. The van der Waals surface area contributed by atoms with Crippen LogP contribution in [0.15, 0.2) is 53.5 Å². The van der Waals surface area contributed by atoms with Gasteiger partial charge in [0.15, 0.2) is 5.65 Å². The lowest BCUT2D eigenvalue weighted by molar-refractivity contribution is 0.126. The van der Waals surface area contributed by atoms with Gasteiger partial charge in [-0.3, -0.25) is 9.36 Å². The van der Waals surface area contributed by atoms with Crippen molar-refractivity contribution in [1.29, 1.82) is 0 Å². The summed E-state index contributed by atoms with van der Waals surface area (Å²) in [6.45, 7) is -0.700. The molecule has 4 nitrogen and oxygen atoms in total. The highest BCUT2D eigenvalue weighted by molar-refractivity contribution is 5.74. The van der Waals surface area contributed by atoms with Crippen LogP contribution < -0.4 is 5.56 Å². The zero-order chi connectivity index (χ0) is 14.8. The Bertz CT molecular complexity index is 831. The van der Waals surface area contributed by atoms with Gasteiger partial charge >= 0.3 is 0 Å². The summed E-state index contributed by atoms with van der Waals surface area (Å²) in [6, 6.07) is 12.1. The molecular weight excluding hydrogens is 276 g/mol. The second-order valence-electron chi connectivity index (χ2n) is 4.48. The maximum Gasteiger partial charge on any atom is 0.278 e. The maximum absolute atomic E-state index is 12.8. The number of alkyl halides is 2. The van der Waals surface area contributed by atoms with E-state index in [4.69, 9.17) is 0 Å². The molecule has 0 aliphatic rings. The van der Waals surface area contributed by atoms with Crippen LogP contribution in [0.2, 0.25) is 0 Å². The number of rotatable bonds is 3. The number of benzene rings is 1. The summed E-state index contributed by atoms with van der Waals surface area (Å²) in [7, 11) is 0. The van der Waals surface area contributed by atoms with Crippen LogP contribution in [-0.4, -0.2) is 21.0 Å². The number of nitrogens with zero attached hydrogens (tertiary/aromatic N) is 3. The van der Waals surface area contributed by atoms with Gasteiger partial charge < -0.3 is 0 Å². The van der Waals surface area contributed by atoms with Gasteiger partial charge in [0.05, 0.1) is 6.54 Å². The summed E-state index contributed by atoms with van der Waals surface area (Å²) in [4.78, 5) is 20.7. The Morgan fingerprint density at radius 1 is 1.10 bits per heavy atom. The van der Waals surface area contributed by atoms with E-state index in [0.29, 0.717) is 11.1 Å². The van der Waals surface area contributed by atoms with Crippen molar-refractivity contribution in [2.75, 3.05) is 0 Å². The summed E-state index contributed by atoms with van der Waals surface area (Å²) in [5, 5.41) is 0. The van der Waals surface area contributed by atoms with Crippen LogP contribution in [-0.2, 0) is 6.54 Å². The van der Waals surface area contributed by atoms with Gasteiger partial charge in [0, 0.05) is 11.8 Å². The summed E-state index contributed by atoms with van der Waals surface area (Å²) in [6.07, 6.45) is -1.19. The standard InChI is InChI=1S/C15H11F2N3O/c16-12(17)9-20-14-11(7-4-8-18-14)19-13(15(20)21)10-5-2-1-3-6-10/h1-8,12H,9H2. The number of pyridine rings is 1. The highest BCUT2D eigenvalue weighted by Crippen LogP contribution is 2.16. The second kappa shape index (κ2) is 5.40. The minimum atomic E-state index is -2.64. The van der Waals surface area contributed by atoms with E-state index in [-0.39, 0.29) is 11.3 Å². The van der Waals surface area contributed by atoms with E-state index in [2.05, 4.69) is 9.97 Å². The Hall–Kier alpha value is -2.63. The van der Waals surface area contributed by atoms with Crippen molar-refractivity contribution in [3.8, 4) is 11.3 Å². The van der Waals surface area contributed by atoms with Crippen LogP contribution in [0.1, 0.15) is 0 Å². The molecule has 0 fully saturated rings. The maximum atomic E-state index is 12.8. The molecule has 0 radical (unpaired) electrons. The highest BCUT2D eigenvalue weighted by atomic mass is 19.3. The third kappa shape index (κ3) is 2.52. The molecule has 21 heavy (non-hydrogen) atoms. The van der Waals surface area contributed by atoms with Crippen molar-refractivity contribution < 1.29 is 8.78 Å². The Labute approximate surface area is 118 Å². The fourth-order valence-electron chi connectivity index (χ4n) is 2.17. The third-order valence-electron chi connectivity index (χ3n) is 3.07. The lowest BCUT2D eigenvalue weighted by Crippen LogP contribution is -2.27. The van der Waals surface area contributed by atoms with Gasteiger partial charge in [-0.25, -0.2) is 18.7 Å². The molecule has 3 aromatic rings. The first-order valence-electron chi connectivity index (χ1n) is 6.36. The summed E-state index contributed by atoms with van der Waals surface area (Å²) >= 11 is 0. The fraction of sp³-hybridized carbons (Fsp3) is 0.133. The quantitative estimate of drug-likeness (QED) is 0.744. The predicted octanol–water partition coefficient (Wildman–Crippen LogP) is 2.72. The van der Waals surface area contributed by atoms with Gasteiger partial charge in [-0.05, 0) is 12.1 Å².